The Morgan fingerprint density at radius 2 is 1.71 bits per heavy atom. The minimum Gasteiger partial charge on any atom is -0.439 e. The lowest BCUT2D eigenvalue weighted by Crippen LogP contribution is -2.44. The third-order valence-corrected chi connectivity index (χ3v) is 7.40. The van der Waals surface area contributed by atoms with Gasteiger partial charge in [-0.3, -0.25) is 14.6 Å². The summed E-state index contributed by atoms with van der Waals surface area (Å²) in [5.74, 6) is 0.110. The molecule has 3 aromatic rings. The van der Waals surface area contributed by atoms with Gasteiger partial charge in [0.05, 0.1) is 11.3 Å². The summed E-state index contributed by atoms with van der Waals surface area (Å²) >= 11 is 0. The maximum atomic E-state index is 14.1. The van der Waals surface area contributed by atoms with Crippen LogP contribution < -0.4 is 20.3 Å². The maximum Gasteiger partial charge on any atom is 0.416 e. The van der Waals surface area contributed by atoms with E-state index >= 15 is 0 Å². The Labute approximate surface area is 241 Å². The molecule has 10 nitrogen and oxygen atoms in total. The molecule has 2 aliphatic rings. The molecule has 0 bridgehead atoms. The number of benzene rings is 2. The monoisotopic (exact) mass is 583 g/mol. The highest BCUT2D eigenvalue weighted by molar-refractivity contribution is 6.27. The Kier molecular flexibility index (Phi) is 8.06. The minimum atomic E-state index is -4.62. The molecule has 2 saturated heterocycles. The second-order valence-electron chi connectivity index (χ2n) is 10.7. The average molecular weight is 584 g/mol. The van der Waals surface area contributed by atoms with Gasteiger partial charge in [0.25, 0.3) is 5.91 Å². The number of ether oxygens (including phenoxy) is 1. The SMILES string of the molecule is CC(C)c1cc(N2C(=O)CN(c3ccc(CN4CCN(C)CC4)c(C(F)(F)F)c3)C2=O)ccc1Oc1ccnc(N)n1. The second kappa shape index (κ2) is 11.6. The van der Waals surface area contributed by atoms with E-state index in [2.05, 4.69) is 14.9 Å². The van der Waals surface area contributed by atoms with Crippen LogP contribution in [-0.2, 0) is 17.5 Å². The van der Waals surface area contributed by atoms with Crippen LogP contribution in [0.15, 0.2) is 48.7 Å². The molecule has 2 fully saturated rings. The summed E-state index contributed by atoms with van der Waals surface area (Å²) in [5, 5.41) is 0. The van der Waals surface area contributed by atoms with E-state index < -0.39 is 23.7 Å². The lowest BCUT2D eigenvalue weighted by molar-refractivity contribution is -0.138. The van der Waals surface area contributed by atoms with Crippen molar-refractivity contribution >= 4 is 29.3 Å². The zero-order chi connectivity index (χ0) is 30.2. The number of piperazine rings is 1. The molecule has 1 aromatic heterocycles. The van der Waals surface area contributed by atoms with Crippen LogP contribution in [0.3, 0.4) is 0 Å². The summed E-state index contributed by atoms with van der Waals surface area (Å²) in [4.78, 5) is 40.6. The largest absolute Gasteiger partial charge is 0.439 e. The molecule has 5 rings (SSSR count). The Balaban J connectivity index is 1.40. The number of rotatable bonds is 7. The number of hydrogen-bond acceptors (Lipinski definition) is 8. The normalized spacial score (nSPS) is 17.0. The Bertz CT molecular complexity index is 1490. The fourth-order valence-electron chi connectivity index (χ4n) is 5.08. The van der Waals surface area contributed by atoms with Crippen molar-refractivity contribution < 1.29 is 27.5 Å². The number of carbonyl (C=O) groups excluding carboxylic acids is 2. The molecule has 2 aliphatic heterocycles. The number of nitrogens with zero attached hydrogens (tertiary/aromatic N) is 6. The van der Waals surface area contributed by atoms with Gasteiger partial charge in [0.2, 0.25) is 11.8 Å². The van der Waals surface area contributed by atoms with E-state index in [4.69, 9.17) is 10.5 Å². The molecule has 3 heterocycles. The minimum absolute atomic E-state index is 0.00990. The van der Waals surface area contributed by atoms with Crippen molar-refractivity contribution in [3.63, 3.8) is 0 Å². The number of nitrogen functional groups attached to an aromatic ring is 1. The first kappa shape index (κ1) is 29.3. The summed E-state index contributed by atoms with van der Waals surface area (Å²) < 4.78 is 48.3. The van der Waals surface area contributed by atoms with Crippen LogP contribution in [0.4, 0.5) is 35.3 Å². The van der Waals surface area contributed by atoms with Crippen LogP contribution in [0, 0.1) is 0 Å². The van der Waals surface area contributed by atoms with Crippen molar-refractivity contribution in [2.45, 2.75) is 32.5 Å². The molecule has 3 amide bonds. The van der Waals surface area contributed by atoms with Gasteiger partial charge < -0.3 is 15.4 Å². The Hall–Kier alpha value is -4.23. The fourth-order valence-corrected chi connectivity index (χ4v) is 5.08. The number of imide groups is 1. The van der Waals surface area contributed by atoms with E-state index in [9.17, 15) is 22.8 Å². The molecule has 13 heteroatoms. The summed E-state index contributed by atoms with van der Waals surface area (Å²) in [6.45, 7) is 6.49. The van der Waals surface area contributed by atoms with Gasteiger partial charge in [0.1, 0.15) is 12.3 Å². The zero-order valence-electron chi connectivity index (χ0n) is 23.6. The van der Waals surface area contributed by atoms with Gasteiger partial charge in [-0.05, 0) is 54.4 Å². The fraction of sp³-hybridized carbons (Fsp3) is 0.379. The molecule has 0 unspecified atom stereocenters. The van der Waals surface area contributed by atoms with Gasteiger partial charge in [-0.25, -0.2) is 14.7 Å². The number of aromatic nitrogens is 2. The molecule has 0 aliphatic carbocycles. The number of carbonyl (C=O) groups is 2. The van der Waals surface area contributed by atoms with Crippen LogP contribution in [0.25, 0.3) is 0 Å². The van der Waals surface area contributed by atoms with E-state index in [0.29, 0.717) is 24.4 Å². The van der Waals surface area contributed by atoms with E-state index in [1.165, 1.54) is 18.3 Å². The van der Waals surface area contributed by atoms with Crippen molar-refractivity contribution in [1.82, 2.24) is 19.8 Å². The zero-order valence-corrected chi connectivity index (χ0v) is 23.6. The summed E-state index contributed by atoms with van der Waals surface area (Å²) in [5.41, 5.74) is 5.95. The standard InChI is InChI=1S/C29H32F3N7O3/c1-18(2)22-14-21(6-7-24(22)42-25-8-9-34-27(33)35-25)39-26(40)17-38(28(39)41)20-5-4-19(23(15-20)29(30,31)32)16-37-12-10-36(3)11-13-37/h4-9,14-15,18H,10-13,16-17H2,1-3H3,(H2,33,34,35). The number of anilines is 3. The average Bonchev–Trinajstić information content (AvgIpc) is 3.23. The lowest BCUT2D eigenvalue weighted by atomic mass is 10.0. The van der Waals surface area contributed by atoms with Gasteiger partial charge in [0, 0.05) is 50.7 Å². The van der Waals surface area contributed by atoms with Gasteiger partial charge in [-0.15, -0.1) is 0 Å². The van der Waals surface area contributed by atoms with Crippen molar-refractivity contribution in [3.05, 3.63) is 65.4 Å². The topological polar surface area (TPSA) is 108 Å². The van der Waals surface area contributed by atoms with Crippen molar-refractivity contribution in [3.8, 4) is 11.6 Å². The molecule has 0 spiro atoms. The molecule has 42 heavy (non-hydrogen) atoms. The van der Waals surface area contributed by atoms with Crippen LogP contribution in [0.1, 0.15) is 36.5 Å². The predicted molar refractivity (Wildman–Crippen MR) is 151 cm³/mol. The van der Waals surface area contributed by atoms with E-state index in [1.807, 2.05) is 25.8 Å². The lowest BCUT2D eigenvalue weighted by Gasteiger charge is -2.33. The first-order valence-corrected chi connectivity index (χ1v) is 13.6. The van der Waals surface area contributed by atoms with Crippen molar-refractivity contribution in [2.75, 3.05) is 55.3 Å². The smallest absolute Gasteiger partial charge is 0.416 e. The third-order valence-electron chi connectivity index (χ3n) is 7.40. The molecular formula is C29H32F3N7O3. The second-order valence-corrected chi connectivity index (χ2v) is 10.7. The first-order valence-electron chi connectivity index (χ1n) is 13.6. The Morgan fingerprint density at radius 1 is 1.00 bits per heavy atom. The van der Waals surface area contributed by atoms with E-state index in [-0.39, 0.29) is 47.8 Å². The molecule has 222 valence electrons. The molecule has 0 radical (unpaired) electrons. The first-order chi connectivity index (χ1) is 19.9. The van der Waals surface area contributed by atoms with Crippen molar-refractivity contribution in [2.24, 2.45) is 0 Å². The summed E-state index contributed by atoms with van der Waals surface area (Å²) in [6.07, 6.45) is -3.17. The highest BCUT2D eigenvalue weighted by Gasteiger charge is 2.40. The van der Waals surface area contributed by atoms with Crippen LogP contribution in [-0.4, -0.2) is 71.5 Å². The molecule has 2 aromatic carbocycles. The number of halogens is 3. The van der Waals surface area contributed by atoms with E-state index in [1.54, 1.807) is 24.3 Å². The number of amides is 3. The highest BCUT2D eigenvalue weighted by Crippen LogP contribution is 2.38. The Morgan fingerprint density at radius 3 is 2.38 bits per heavy atom. The third kappa shape index (κ3) is 6.16. The van der Waals surface area contributed by atoms with Gasteiger partial charge in [-0.1, -0.05) is 19.9 Å². The summed E-state index contributed by atoms with van der Waals surface area (Å²) in [6, 6.07) is 9.47. The number of hydrogen-bond donors (Lipinski definition) is 1. The van der Waals surface area contributed by atoms with Gasteiger partial charge >= 0.3 is 12.2 Å². The molecular weight excluding hydrogens is 551 g/mol. The number of nitrogens with two attached hydrogens (primary N) is 1. The van der Waals surface area contributed by atoms with Gasteiger partial charge in [-0.2, -0.15) is 18.2 Å². The van der Waals surface area contributed by atoms with E-state index in [0.717, 1.165) is 29.0 Å². The summed E-state index contributed by atoms with van der Waals surface area (Å²) in [7, 11) is 1.98. The highest BCUT2D eigenvalue weighted by atomic mass is 19.4. The van der Waals surface area contributed by atoms with Crippen LogP contribution in [0.5, 0.6) is 11.6 Å². The maximum absolute atomic E-state index is 14.1. The number of urea groups is 1. The number of alkyl halides is 3. The van der Waals surface area contributed by atoms with Crippen LogP contribution in [0.2, 0.25) is 0 Å². The molecule has 0 atom stereocenters. The van der Waals surface area contributed by atoms with Crippen molar-refractivity contribution in [1.29, 1.82) is 0 Å². The predicted octanol–water partition coefficient (Wildman–Crippen LogP) is 4.71. The quantitative estimate of drug-likeness (QED) is 0.399. The van der Waals surface area contributed by atoms with Crippen LogP contribution >= 0.6 is 0 Å². The number of likely N-dealkylation sites (N-methyl/N-ethyl adjacent to an activating group) is 1. The van der Waals surface area contributed by atoms with Gasteiger partial charge in [0.15, 0.2) is 0 Å². The molecule has 2 N–H and O–H groups in total. The molecule has 0 saturated carbocycles.